The molecule has 0 amide bonds. The standard InChI is InChI=1S/C23H21N3O2S/c1-2-3-13-28-23(27)17-9-11-18(12-10-17)26-21-20-19(16-7-5-4-6-8-16)14-29-22(20)25-15-24-21/h4-12,14-15H,2-3,13H2,1H3,(H,24,25,26). The molecule has 0 aliphatic carbocycles. The molecule has 146 valence electrons. The number of esters is 1. The topological polar surface area (TPSA) is 64.1 Å². The number of thiophene rings is 1. The van der Waals surface area contributed by atoms with Gasteiger partial charge in [-0.25, -0.2) is 14.8 Å². The minimum absolute atomic E-state index is 0.293. The summed E-state index contributed by atoms with van der Waals surface area (Å²) >= 11 is 1.60. The quantitative estimate of drug-likeness (QED) is 0.300. The van der Waals surface area contributed by atoms with E-state index in [1.165, 1.54) is 0 Å². The zero-order chi connectivity index (χ0) is 20.1. The molecule has 0 aliphatic rings. The van der Waals surface area contributed by atoms with E-state index >= 15 is 0 Å². The van der Waals surface area contributed by atoms with Crippen LogP contribution in [0.3, 0.4) is 0 Å². The molecule has 4 aromatic rings. The predicted octanol–water partition coefficient (Wildman–Crippen LogP) is 6.06. The molecule has 1 N–H and O–H groups in total. The Labute approximate surface area is 173 Å². The van der Waals surface area contributed by atoms with Gasteiger partial charge in [0.2, 0.25) is 0 Å². The molecule has 0 radical (unpaired) electrons. The molecule has 5 nitrogen and oxygen atoms in total. The summed E-state index contributed by atoms with van der Waals surface area (Å²) in [6.07, 6.45) is 3.44. The van der Waals surface area contributed by atoms with Crippen LogP contribution in [0.4, 0.5) is 11.5 Å². The molecule has 0 atom stereocenters. The third-order valence-corrected chi connectivity index (χ3v) is 5.46. The predicted molar refractivity (Wildman–Crippen MR) is 118 cm³/mol. The minimum atomic E-state index is -0.293. The molecule has 0 spiro atoms. The van der Waals surface area contributed by atoms with Crippen LogP contribution in [0.2, 0.25) is 0 Å². The van der Waals surface area contributed by atoms with E-state index in [9.17, 15) is 4.79 Å². The zero-order valence-corrected chi connectivity index (χ0v) is 16.9. The van der Waals surface area contributed by atoms with Crippen LogP contribution in [0.25, 0.3) is 21.3 Å². The first kappa shape index (κ1) is 19.1. The van der Waals surface area contributed by atoms with Crippen LogP contribution in [0.5, 0.6) is 0 Å². The number of fused-ring (bicyclic) bond motifs is 1. The first-order valence-corrected chi connectivity index (χ1v) is 10.5. The summed E-state index contributed by atoms with van der Waals surface area (Å²) in [4.78, 5) is 21.9. The van der Waals surface area contributed by atoms with Crippen molar-refractivity contribution in [2.75, 3.05) is 11.9 Å². The van der Waals surface area contributed by atoms with Gasteiger partial charge in [0.25, 0.3) is 0 Å². The van der Waals surface area contributed by atoms with Crippen LogP contribution < -0.4 is 5.32 Å². The lowest BCUT2D eigenvalue weighted by Gasteiger charge is -2.09. The summed E-state index contributed by atoms with van der Waals surface area (Å²) in [6.45, 7) is 2.52. The normalized spacial score (nSPS) is 10.8. The van der Waals surface area contributed by atoms with Crippen molar-refractivity contribution < 1.29 is 9.53 Å². The molecule has 2 heterocycles. The van der Waals surface area contributed by atoms with Crippen LogP contribution in [0, 0.1) is 0 Å². The number of aromatic nitrogens is 2. The summed E-state index contributed by atoms with van der Waals surface area (Å²) in [7, 11) is 0. The van der Waals surface area contributed by atoms with Gasteiger partial charge in [-0.3, -0.25) is 0 Å². The number of nitrogens with zero attached hydrogens (tertiary/aromatic N) is 2. The van der Waals surface area contributed by atoms with Crippen molar-refractivity contribution in [2.45, 2.75) is 19.8 Å². The summed E-state index contributed by atoms with van der Waals surface area (Å²) in [5.74, 6) is 0.451. The zero-order valence-electron chi connectivity index (χ0n) is 16.1. The van der Waals surface area contributed by atoms with Gasteiger partial charge in [0, 0.05) is 16.6 Å². The molecule has 0 aliphatic heterocycles. The fourth-order valence-corrected chi connectivity index (χ4v) is 3.93. The highest BCUT2D eigenvalue weighted by Gasteiger charge is 2.13. The Hall–Kier alpha value is -3.25. The summed E-state index contributed by atoms with van der Waals surface area (Å²) in [5, 5.41) is 6.46. The fraction of sp³-hybridized carbons (Fsp3) is 0.174. The molecule has 0 bridgehead atoms. The van der Waals surface area contributed by atoms with Gasteiger partial charge in [0.05, 0.1) is 17.6 Å². The van der Waals surface area contributed by atoms with E-state index < -0.39 is 0 Å². The minimum Gasteiger partial charge on any atom is -0.462 e. The second-order valence-corrected chi connectivity index (χ2v) is 7.47. The average Bonchev–Trinajstić information content (AvgIpc) is 3.20. The number of nitrogens with one attached hydrogen (secondary N) is 1. The van der Waals surface area contributed by atoms with E-state index in [1.54, 1.807) is 29.8 Å². The van der Waals surface area contributed by atoms with Gasteiger partial charge in [-0.05, 0) is 36.2 Å². The van der Waals surface area contributed by atoms with E-state index in [4.69, 9.17) is 4.74 Å². The highest BCUT2D eigenvalue weighted by molar-refractivity contribution is 7.17. The summed E-state index contributed by atoms with van der Waals surface area (Å²) in [6, 6.07) is 17.5. The molecule has 0 saturated carbocycles. The van der Waals surface area contributed by atoms with Crippen LogP contribution in [-0.2, 0) is 4.74 Å². The average molecular weight is 404 g/mol. The van der Waals surface area contributed by atoms with Gasteiger partial charge in [-0.2, -0.15) is 0 Å². The SMILES string of the molecule is CCCCOC(=O)c1ccc(Nc2ncnc3scc(-c4ccccc4)c23)cc1. The van der Waals surface area contributed by atoms with Gasteiger partial charge < -0.3 is 10.1 Å². The lowest BCUT2D eigenvalue weighted by atomic mass is 10.1. The maximum absolute atomic E-state index is 12.1. The molecule has 6 heteroatoms. The Morgan fingerprint density at radius 3 is 2.62 bits per heavy atom. The molecular weight excluding hydrogens is 382 g/mol. The monoisotopic (exact) mass is 403 g/mol. The van der Waals surface area contributed by atoms with Gasteiger partial charge in [0.15, 0.2) is 0 Å². The first-order valence-electron chi connectivity index (χ1n) is 9.58. The largest absolute Gasteiger partial charge is 0.462 e. The first-order chi connectivity index (χ1) is 14.3. The van der Waals surface area contributed by atoms with Crippen molar-refractivity contribution in [1.82, 2.24) is 9.97 Å². The third-order valence-electron chi connectivity index (χ3n) is 4.57. The Balaban J connectivity index is 1.58. The van der Waals surface area contributed by atoms with Crippen molar-refractivity contribution in [3.05, 3.63) is 71.9 Å². The lowest BCUT2D eigenvalue weighted by Crippen LogP contribution is -2.06. The van der Waals surface area contributed by atoms with Crippen molar-refractivity contribution in [2.24, 2.45) is 0 Å². The number of carbonyl (C=O) groups excluding carboxylic acids is 1. The van der Waals surface area contributed by atoms with E-state index in [0.717, 1.165) is 45.7 Å². The van der Waals surface area contributed by atoms with Gasteiger partial charge in [-0.15, -0.1) is 11.3 Å². The maximum atomic E-state index is 12.1. The number of hydrogen-bond acceptors (Lipinski definition) is 6. The smallest absolute Gasteiger partial charge is 0.338 e. The molecule has 0 fully saturated rings. The van der Waals surface area contributed by atoms with Crippen molar-refractivity contribution >= 4 is 39.0 Å². The molecule has 29 heavy (non-hydrogen) atoms. The number of hydrogen-bond donors (Lipinski definition) is 1. The molecular formula is C23H21N3O2S. The van der Waals surface area contributed by atoms with Crippen LogP contribution in [0.15, 0.2) is 66.3 Å². The highest BCUT2D eigenvalue weighted by Crippen LogP contribution is 2.37. The Bertz CT molecular complexity index is 1110. The van der Waals surface area contributed by atoms with Crippen molar-refractivity contribution in [3.63, 3.8) is 0 Å². The Morgan fingerprint density at radius 2 is 1.86 bits per heavy atom. The van der Waals surface area contributed by atoms with Crippen molar-refractivity contribution in [3.8, 4) is 11.1 Å². The van der Waals surface area contributed by atoms with E-state index in [0.29, 0.717) is 12.2 Å². The van der Waals surface area contributed by atoms with E-state index in [1.807, 2.05) is 30.3 Å². The number of rotatable bonds is 7. The number of benzene rings is 2. The van der Waals surface area contributed by atoms with Gasteiger partial charge >= 0.3 is 5.97 Å². The molecule has 0 unspecified atom stereocenters. The number of ether oxygens (including phenoxy) is 1. The third kappa shape index (κ3) is 4.27. The summed E-state index contributed by atoms with van der Waals surface area (Å²) < 4.78 is 5.26. The molecule has 0 saturated heterocycles. The number of unbranched alkanes of at least 4 members (excludes halogenated alkanes) is 1. The van der Waals surface area contributed by atoms with Crippen LogP contribution in [0.1, 0.15) is 30.1 Å². The number of carbonyl (C=O) groups is 1. The fourth-order valence-electron chi connectivity index (χ4n) is 3.02. The second kappa shape index (κ2) is 8.84. The van der Waals surface area contributed by atoms with Crippen LogP contribution >= 0.6 is 11.3 Å². The van der Waals surface area contributed by atoms with Gasteiger partial charge in [0.1, 0.15) is 17.0 Å². The molecule has 4 rings (SSSR count). The van der Waals surface area contributed by atoms with Crippen LogP contribution in [-0.4, -0.2) is 22.5 Å². The highest BCUT2D eigenvalue weighted by atomic mass is 32.1. The van der Waals surface area contributed by atoms with Gasteiger partial charge in [-0.1, -0.05) is 43.7 Å². The Morgan fingerprint density at radius 1 is 1.07 bits per heavy atom. The molecule has 2 aromatic carbocycles. The molecule has 2 aromatic heterocycles. The van der Waals surface area contributed by atoms with Crippen molar-refractivity contribution in [1.29, 1.82) is 0 Å². The second-order valence-electron chi connectivity index (χ2n) is 6.61. The van der Waals surface area contributed by atoms with E-state index in [2.05, 4.69) is 39.7 Å². The Kier molecular flexibility index (Phi) is 5.81. The van der Waals surface area contributed by atoms with E-state index in [-0.39, 0.29) is 5.97 Å². The summed E-state index contributed by atoms with van der Waals surface area (Å²) in [5.41, 5.74) is 3.62. The maximum Gasteiger partial charge on any atom is 0.338 e. The lowest BCUT2D eigenvalue weighted by molar-refractivity contribution is 0.0500. The number of anilines is 2.